The van der Waals surface area contributed by atoms with Gasteiger partial charge in [-0.1, -0.05) is 74.5 Å². The molecular weight excluding hydrogens is 568 g/mol. The average molecular weight is 614 g/mol. The molecule has 0 aliphatic rings. The van der Waals surface area contributed by atoms with Crippen molar-refractivity contribution in [3.63, 3.8) is 0 Å². The molecule has 12 heteroatoms. The van der Waals surface area contributed by atoms with Gasteiger partial charge in [0.25, 0.3) is 5.91 Å². The summed E-state index contributed by atoms with van der Waals surface area (Å²) >= 11 is 1.52. The highest BCUT2D eigenvalue weighted by Gasteiger charge is 2.28. The van der Waals surface area contributed by atoms with Gasteiger partial charge in [0.2, 0.25) is 23.6 Å². The van der Waals surface area contributed by atoms with Crippen LogP contribution < -0.4 is 32.7 Å². The van der Waals surface area contributed by atoms with Crippen LogP contribution in [0.5, 0.6) is 0 Å². The van der Waals surface area contributed by atoms with Crippen LogP contribution >= 0.6 is 11.8 Å². The van der Waals surface area contributed by atoms with Gasteiger partial charge < -0.3 is 32.7 Å². The zero-order valence-corrected chi connectivity index (χ0v) is 26.0. The third-order valence-corrected chi connectivity index (χ3v) is 7.31. The van der Waals surface area contributed by atoms with Crippen LogP contribution in [0.25, 0.3) is 0 Å². The van der Waals surface area contributed by atoms with Crippen molar-refractivity contribution in [2.45, 2.75) is 63.7 Å². The number of hydrogen-bond donors (Lipinski definition) is 6. The van der Waals surface area contributed by atoms with Crippen molar-refractivity contribution in [1.82, 2.24) is 21.3 Å². The molecule has 0 bridgehead atoms. The Morgan fingerprint density at radius 2 is 1.33 bits per heavy atom. The Kier molecular flexibility index (Phi) is 15.3. The van der Waals surface area contributed by atoms with Crippen molar-refractivity contribution < 1.29 is 29.7 Å². The van der Waals surface area contributed by atoms with E-state index < -0.39 is 54.3 Å². The Hall–Kier alpha value is -3.90. The first-order chi connectivity index (χ1) is 20.5. The summed E-state index contributed by atoms with van der Waals surface area (Å²) in [5.41, 5.74) is 11.2. The smallest absolute Gasteiger partial charge is 0.279 e. The first-order valence-corrected chi connectivity index (χ1v) is 15.8. The lowest BCUT2D eigenvalue weighted by atomic mass is 10.0. The van der Waals surface area contributed by atoms with E-state index in [4.69, 9.17) is 5.73 Å². The van der Waals surface area contributed by atoms with Crippen LogP contribution in [0.15, 0.2) is 60.7 Å². The third-order valence-electron chi connectivity index (χ3n) is 6.66. The van der Waals surface area contributed by atoms with Crippen molar-refractivity contribution in [2.75, 3.05) is 18.6 Å². The molecule has 11 nitrogen and oxygen atoms in total. The van der Waals surface area contributed by atoms with E-state index in [2.05, 4.69) is 27.0 Å². The third kappa shape index (κ3) is 13.3. The molecule has 2 aromatic carbocycles. The highest BCUT2D eigenvalue weighted by molar-refractivity contribution is 7.98. The van der Waals surface area contributed by atoms with Gasteiger partial charge in [0, 0.05) is 12.8 Å². The van der Waals surface area contributed by atoms with E-state index in [0.29, 0.717) is 25.0 Å². The molecule has 0 aromatic heterocycles. The summed E-state index contributed by atoms with van der Waals surface area (Å²) in [7, 11) is 0. The van der Waals surface area contributed by atoms with Crippen LogP contribution in [0.4, 0.5) is 0 Å². The summed E-state index contributed by atoms with van der Waals surface area (Å²) < 4.78 is 0. The lowest BCUT2D eigenvalue weighted by Crippen LogP contribution is -2.70. The minimum atomic E-state index is -0.953. The normalized spacial score (nSPS) is 13.7. The molecule has 5 amide bonds. The van der Waals surface area contributed by atoms with E-state index in [9.17, 15) is 24.0 Å². The van der Waals surface area contributed by atoms with Crippen LogP contribution in [0.3, 0.4) is 0 Å². The lowest BCUT2D eigenvalue weighted by Gasteiger charge is -2.23. The molecule has 0 saturated carbocycles. The number of rotatable bonds is 18. The molecule has 0 heterocycles. The van der Waals surface area contributed by atoms with Crippen molar-refractivity contribution in [1.29, 1.82) is 0 Å². The molecule has 0 radical (unpaired) electrons. The molecule has 0 spiro atoms. The highest BCUT2D eigenvalue weighted by Crippen LogP contribution is 2.08. The Balaban J connectivity index is 2.05. The van der Waals surface area contributed by atoms with Gasteiger partial charge in [-0.05, 0) is 41.9 Å². The number of carbonyl (C=O) groups is 5. The molecule has 0 saturated heterocycles. The number of thioether (sulfide) groups is 1. The van der Waals surface area contributed by atoms with Gasteiger partial charge in [-0.25, -0.2) is 0 Å². The molecule has 43 heavy (non-hydrogen) atoms. The molecule has 4 atom stereocenters. The molecule has 0 aliphatic carbocycles. The van der Waals surface area contributed by atoms with Gasteiger partial charge in [-0.2, -0.15) is 11.8 Å². The lowest BCUT2D eigenvalue weighted by molar-refractivity contribution is -0.403. The Morgan fingerprint density at radius 3 is 1.86 bits per heavy atom. The Morgan fingerprint density at radius 1 is 0.767 bits per heavy atom. The number of quaternary nitrogens is 1. The van der Waals surface area contributed by atoms with Gasteiger partial charge >= 0.3 is 0 Å². The van der Waals surface area contributed by atoms with Crippen LogP contribution in [0.1, 0.15) is 37.8 Å². The molecule has 0 aliphatic heterocycles. The first kappa shape index (κ1) is 35.3. The number of carbonyl (C=O) groups excluding carboxylic acids is 5. The van der Waals surface area contributed by atoms with Crippen molar-refractivity contribution >= 4 is 41.3 Å². The first-order valence-electron chi connectivity index (χ1n) is 14.4. The zero-order valence-electron chi connectivity index (χ0n) is 25.1. The topological polar surface area (TPSA) is 187 Å². The largest absolute Gasteiger partial charge is 0.368 e. The summed E-state index contributed by atoms with van der Waals surface area (Å²) in [4.78, 5) is 63.9. The molecule has 2 aromatic rings. The Bertz CT molecular complexity index is 1200. The number of benzene rings is 2. The maximum absolute atomic E-state index is 13.2. The van der Waals surface area contributed by atoms with E-state index >= 15 is 0 Å². The Labute approximate surface area is 257 Å². The molecule has 234 valence electrons. The minimum Gasteiger partial charge on any atom is -0.368 e. The molecule has 2 rings (SSSR count). The van der Waals surface area contributed by atoms with E-state index in [1.165, 1.54) is 11.8 Å². The fraction of sp³-hybridized carbons (Fsp3) is 0.452. The number of nitrogens with one attached hydrogen (secondary N) is 4. The number of primary amides is 1. The zero-order chi connectivity index (χ0) is 31.8. The van der Waals surface area contributed by atoms with Crippen LogP contribution in [0, 0.1) is 5.92 Å². The van der Waals surface area contributed by atoms with Gasteiger partial charge in [0.1, 0.15) is 18.1 Å². The van der Waals surface area contributed by atoms with Gasteiger partial charge in [0.15, 0.2) is 6.04 Å². The summed E-state index contributed by atoms with van der Waals surface area (Å²) in [6, 6.07) is 15.3. The predicted octanol–water partition coefficient (Wildman–Crippen LogP) is -0.0626. The van der Waals surface area contributed by atoms with Crippen molar-refractivity contribution in [3.05, 3.63) is 71.8 Å². The molecular formula is C31H45N6O5S+. The van der Waals surface area contributed by atoms with E-state index in [-0.39, 0.29) is 18.2 Å². The van der Waals surface area contributed by atoms with Gasteiger partial charge in [-0.3, -0.25) is 24.0 Å². The summed E-state index contributed by atoms with van der Waals surface area (Å²) in [6.07, 6.45) is 3.18. The number of amides is 5. The van der Waals surface area contributed by atoms with Crippen LogP contribution in [-0.4, -0.2) is 72.3 Å². The van der Waals surface area contributed by atoms with Crippen molar-refractivity contribution in [3.8, 4) is 0 Å². The quantitative estimate of drug-likeness (QED) is 0.137. The number of hydrogen-bond acceptors (Lipinski definition) is 6. The monoisotopic (exact) mass is 613 g/mol. The predicted molar refractivity (Wildman–Crippen MR) is 167 cm³/mol. The average Bonchev–Trinajstić information content (AvgIpc) is 2.97. The van der Waals surface area contributed by atoms with Gasteiger partial charge in [0.05, 0.1) is 6.54 Å². The summed E-state index contributed by atoms with van der Waals surface area (Å²) in [6.45, 7) is 3.39. The SMILES string of the molecule is CSCC[C@H](NC(=O)[C@H](CC(C)C)NC(=O)CNC(=O)[C@H](Cc1ccccc1)NC(=O)[C@@H]([NH3+])Cc1ccccc1)C(N)=O. The second kappa shape index (κ2) is 18.6. The molecule has 0 unspecified atom stereocenters. The fourth-order valence-electron chi connectivity index (χ4n) is 4.37. The maximum atomic E-state index is 13.2. The standard InChI is InChI=1S/C31H44N6O5S/c1-20(2)16-25(31(42)36-24(28(33)39)14-15-43-3)35-27(38)19-34-30(41)26(18-22-12-8-5-9-13-22)37-29(40)23(32)17-21-10-6-4-7-11-21/h4-13,20,23-26H,14-19,32H2,1-3H3,(H2,33,39)(H,34,41)(H,35,38)(H,36,42)(H,37,40)/p+1/t23-,24-,25-,26-/m0/s1. The highest BCUT2D eigenvalue weighted by atomic mass is 32.2. The van der Waals surface area contributed by atoms with E-state index in [1.807, 2.05) is 80.8 Å². The van der Waals surface area contributed by atoms with E-state index in [1.54, 1.807) is 0 Å². The van der Waals surface area contributed by atoms with Crippen LogP contribution in [0.2, 0.25) is 0 Å². The second-order valence-corrected chi connectivity index (χ2v) is 11.8. The summed E-state index contributed by atoms with van der Waals surface area (Å²) in [5.74, 6) is -2.00. The second-order valence-electron chi connectivity index (χ2n) is 10.9. The number of nitrogens with two attached hydrogens (primary N) is 1. The van der Waals surface area contributed by atoms with E-state index in [0.717, 1.165) is 11.1 Å². The minimum absolute atomic E-state index is 0.0563. The molecule has 9 N–H and O–H groups in total. The summed E-state index contributed by atoms with van der Waals surface area (Å²) in [5, 5.41) is 10.7. The fourth-order valence-corrected chi connectivity index (χ4v) is 4.84. The molecule has 0 fully saturated rings. The maximum Gasteiger partial charge on any atom is 0.279 e. The van der Waals surface area contributed by atoms with Crippen molar-refractivity contribution in [2.24, 2.45) is 11.7 Å². The van der Waals surface area contributed by atoms with Crippen LogP contribution in [-0.2, 0) is 36.8 Å². The van der Waals surface area contributed by atoms with Gasteiger partial charge in [-0.15, -0.1) is 0 Å².